The van der Waals surface area contributed by atoms with Crippen molar-refractivity contribution in [3.63, 3.8) is 0 Å². The summed E-state index contributed by atoms with van der Waals surface area (Å²) in [6.45, 7) is 0. The average molecular weight is 341 g/mol. The molecule has 116 valence electrons. The van der Waals surface area contributed by atoms with Crippen molar-refractivity contribution in [3.8, 4) is 11.5 Å². The molecule has 2 rings (SSSR count). The maximum atomic E-state index is 10.6. The Kier molecular flexibility index (Phi) is 5.49. The Hall–Kier alpha value is -1.95. The van der Waals surface area contributed by atoms with Crippen molar-refractivity contribution in [2.75, 3.05) is 0 Å². The molecule has 0 aliphatic rings. The molecule has 0 saturated carbocycles. The van der Waals surface area contributed by atoms with Gasteiger partial charge in [-0.25, -0.2) is 4.79 Å². The van der Waals surface area contributed by atoms with E-state index in [9.17, 15) is 9.90 Å². The van der Waals surface area contributed by atoms with E-state index in [0.29, 0.717) is 21.5 Å². The molecule has 0 spiro atoms. The molecular weight excluding hydrogens is 327 g/mol. The fraction of sp³-hybridized carbons (Fsp3) is 0.133. The van der Waals surface area contributed by atoms with Crippen molar-refractivity contribution >= 4 is 29.2 Å². The maximum Gasteiger partial charge on any atom is 0.314 e. The van der Waals surface area contributed by atoms with Gasteiger partial charge in [-0.1, -0.05) is 35.3 Å². The van der Waals surface area contributed by atoms with Crippen LogP contribution in [0.5, 0.6) is 11.5 Å². The highest BCUT2D eigenvalue weighted by molar-refractivity contribution is 6.35. The molecule has 0 fully saturated rings. The number of aliphatic hydroxyl groups is 1. The van der Waals surface area contributed by atoms with Crippen molar-refractivity contribution < 1.29 is 14.6 Å². The van der Waals surface area contributed by atoms with Gasteiger partial charge in [0.15, 0.2) is 0 Å². The van der Waals surface area contributed by atoms with Gasteiger partial charge in [-0.2, -0.15) is 0 Å². The van der Waals surface area contributed by atoms with Gasteiger partial charge in [0, 0.05) is 11.4 Å². The van der Waals surface area contributed by atoms with Gasteiger partial charge >= 0.3 is 6.03 Å². The number of benzene rings is 2. The number of nitrogens with one attached hydrogen (secondary N) is 1. The molecule has 0 radical (unpaired) electrons. The van der Waals surface area contributed by atoms with Gasteiger partial charge in [0.2, 0.25) is 0 Å². The first kappa shape index (κ1) is 16.4. The van der Waals surface area contributed by atoms with E-state index in [-0.39, 0.29) is 6.42 Å². The Balaban J connectivity index is 2.01. The van der Waals surface area contributed by atoms with Gasteiger partial charge in [0.1, 0.15) is 17.7 Å². The summed E-state index contributed by atoms with van der Waals surface area (Å²) in [5.41, 5.74) is 5.75. The van der Waals surface area contributed by atoms with Crippen LogP contribution in [-0.2, 0) is 6.42 Å². The van der Waals surface area contributed by atoms with Crippen LogP contribution in [0, 0.1) is 0 Å². The van der Waals surface area contributed by atoms with Gasteiger partial charge < -0.3 is 20.9 Å². The topological polar surface area (TPSA) is 84.6 Å². The van der Waals surface area contributed by atoms with E-state index in [2.05, 4.69) is 5.32 Å². The van der Waals surface area contributed by atoms with E-state index in [1.165, 1.54) is 0 Å². The number of rotatable bonds is 5. The summed E-state index contributed by atoms with van der Waals surface area (Å²) in [5, 5.41) is 12.7. The average Bonchev–Trinajstić information content (AvgIpc) is 2.43. The van der Waals surface area contributed by atoms with Crippen LogP contribution in [0.2, 0.25) is 10.0 Å². The Morgan fingerprint density at radius 2 is 1.91 bits per heavy atom. The number of carbonyl (C=O) groups excluding carboxylic acids is 1. The summed E-state index contributed by atoms with van der Waals surface area (Å²) >= 11 is 11.9. The Labute approximate surface area is 137 Å². The lowest BCUT2D eigenvalue weighted by Gasteiger charge is -2.12. The van der Waals surface area contributed by atoms with Crippen LogP contribution in [0.3, 0.4) is 0 Å². The highest BCUT2D eigenvalue weighted by Crippen LogP contribution is 2.31. The highest BCUT2D eigenvalue weighted by atomic mass is 35.5. The number of carbonyl (C=O) groups is 1. The van der Waals surface area contributed by atoms with Crippen molar-refractivity contribution in [2.45, 2.75) is 12.6 Å². The smallest absolute Gasteiger partial charge is 0.314 e. The summed E-state index contributed by atoms with van der Waals surface area (Å²) in [6, 6.07) is 11.2. The van der Waals surface area contributed by atoms with E-state index in [4.69, 9.17) is 33.7 Å². The van der Waals surface area contributed by atoms with Gasteiger partial charge in [-0.05, 0) is 35.9 Å². The minimum absolute atomic E-state index is 0.241. The SMILES string of the molecule is NC(=O)NC(O)Cc1ccc(Oc2ccc(Cl)cc2Cl)cc1. The molecule has 7 heteroatoms. The maximum absolute atomic E-state index is 10.6. The number of primary amides is 1. The number of halogens is 2. The monoisotopic (exact) mass is 340 g/mol. The van der Waals surface area contributed by atoms with Crippen molar-refractivity contribution in [2.24, 2.45) is 5.73 Å². The number of aliphatic hydroxyl groups excluding tert-OH is 1. The molecule has 4 N–H and O–H groups in total. The quantitative estimate of drug-likeness (QED) is 0.730. The predicted molar refractivity (Wildman–Crippen MR) is 85.4 cm³/mol. The molecule has 2 amide bonds. The standard InChI is InChI=1S/C15H14Cl2N2O3/c16-10-3-6-13(12(17)8-10)22-11-4-1-9(2-5-11)7-14(20)19-15(18)21/h1-6,8,14,20H,7H2,(H3,18,19,21). The molecule has 0 aliphatic carbocycles. The van der Waals surface area contributed by atoms with Crippen molar-refractivity contribution in [1.82, 2.24) is 5.32 Å². The highest BCUT2D eigenvalue weighted by Gasteiger charge is 2.08. The summed E-state index contributed by atoms with van der Waals surface area (Å²) in [4.78, 5) is 10.6. The summed E-state index contributed by atoms with van der Waals surface area (Å²) in [7, 11) is 0. The molecular formula is C15H14Cl2N2O3. The lowest BCUT2D eigenvalue weighted by molar-refractivity contribution is 0.144. The molecule has 1 unspecified atom stereocenters. The number of hydrogen-bond acceptors (Lipinski definition) is 3. The number of amides is 2. The van der Waals surface area contributed by atoms with Crippen LogP contribution in [0.25, 0.3) is 0 Å². The number of urea groups is 1. The van der Waals surface area contributed by atoms with Gasteiger partial charge in [-0.15, -0.1) is 0 Å². The van der Waals surface area contributed by atoms with Gasteiger partial charge in [0.05, 0.1) is 5.02 Å². The fourth-order valence-corrected chi connectivity index (χ4v) is 2.26. The lowest BCUT2D eigenvalue weighted by atomic mass is 10.1. The third-order valence-corrected chi connectivity index (χ3v) is 3.31. The fourth-order valence-electron chi connectivity index (χ4n) is 1.82. The minimum atomic E-state index is -1.03. The molecule has 0 saturated heterocycles. The molecule has 1 atom stereocenters. The molecule has 22 heavy (non-hydrogen) atoms. The van der Waals surface area contributed by atoms with Crippen LogP contribution < -0.4 is 15.8 Å². The Morgan fingerprint density at radius 1 is 1.23 bits per heavy atom. The first-order valence-corrected chi connectivity index (χ1v) is 7.15. The summed E-state index contributed by atoms with van der Waals surface area (Å²) in [5.74, 6) is 1.08. The first-order chi connectivity index (χ1) is 10.4. The summed E-state index contributed by atoms with van der Waals surface area (Å²) in [6.07, 6.45) is -0.791. The molecule has 0 bridgehead atoms. The zero-order valence-corrected chi connectivity index (χ0v) is 12.9. The van der Waals surface area contributed by atoms with Gasteiger partial charge in [0.25, 0.3) is 0 Å². The van der Waals surface area contributed by atoms with Gasteiger partial charge in [-0.3, -0.25) is 0 Å². The van der Waals surface area contributed by atoms with Crippen LogP contribution in [-0.4, -0.2) is 17.4 Å². The minimum Gasteiger partial charge on any atom is -0.456 e. The first-order valence-electron chi connectivity index (χ1n) is 6.40. The second-order valence-electron chi connectivity index (χ2n) is 4.55. The molecule has 0 aromatic heterocycles. The number of hydrogen-bond donors (Lipinski definition) is 3. The summed E-state index contributed by atoms with van der Waals surface area (Å²) < 4.78 is 5.65. The number of ether oxygens (including phenoxy) is 1. The lowest BCUT2D eigenvalue weighted by Crippen LogP contribution is -2.39. The van der Waals surface area contributed by atoms with E-state index >= 15 is 0 Å². The number of nitrogens with two attached hydrogens (primary N) is 1. The van der Waals surface area contributed by atoms with Crippen molar-refractivity contribution in [3.05, 3.63) is 58.1 Å². The third-order valence-electron chi connectivity index (χ3n) is 2.78. The zero-order valence-electron chi connectivity index (χ0n) is 11.4. The molecule has 0 heterocycles. The van der Waals surface area contributed by atoms with Crippen LogP contribution in [0.15, 0.2) is 42.5 Å². The third kappa shape index (κ3) is 4.80. The van der Waals surface area contributed by atoms with Crippen LogP contribution in [0.1, 0.15) is 5.56 Å². The molecule has 2 aromatic rings. The van der Waals surface area contributed by atoms with Crippen LogP contribution in [0.4, 0.5) is 4.79 Å². The van der Waals surface area contributed by atoms with E-state index in [1.54, 1.807) is 42.5 Å². The normalized spacial score (nSPS) is 11.8. The Bertz CT molecular complexity index is 662. The Morgan fingerprint density at radius 3 is 2.50 bits per heavy atom. The van der Waals surface area contributed by atoms with Crippen LogP contribution >= 0.6 is 23.2 Å². The zero-order chi connectivity index (χ0) is 16.1. The largest absolute Gasteiger partial charge is 0.456 e. The second kappa shape index (κ2) is 7.35. The molecule has 2 aromatic carbocycles. The van der Waals surface area contributed by atoms with E-state index in [1.807, 2.05) is 0 Å². The predicted octanol–water partition coefficient (Wildman–Crippen LogP) is 3.31. The van der Waals surface area contributed by atoms with E-state index in [0.717, 1.165) is 5.56 Å². The van der Waals surface area contributed by atoms with Crippen molar-refractivity contribution in [1.29, 1.82) is 0 Å². The second-order valence-corrected chi connectivity index (χ2v) is 5.39. The molecule has 0 aliphatic heterocycles. The van der Waals surface area contributed by atoms with E-state index < -0.39 is 12.3 Å². The molecule has 5 nitrogen and oxygen atoms in total.